The largest absolute Gasteiger partial charge is 0.460 e. The highest BCUT2D eigenvalue weighted by molar-refractivity contribution is 9.10. The fourth-order valence-corrected chi connectivity index (χ4v) is 1.82. The molecule has 0 saturated heterocycles. The van der Waals surface area contributed by atoms with Crippen LogP contribution in [0.1, 0.15) is 18.9 Å². The smallest absolute Gasteiger partial charge is 0.323 e. The molecule has 0 amide bonds. The number of rotatable bonds is 5. The summed E-state index contributed by atoms with van der Waals surface area (Å²) < 4.78 is 6.19. The Morgan fingerprint density at radius 1 is 1.56 bits per heavy atom. The third-order valence-electron chi connectivity index (χ3n) is 2.31. The molecular formula is C12H16BrNO2. The number of hydrogen-bond acceptors (Lipinski definition) is 3. The number of halogens is 1. The third kappa shape index (κ3) is 3.94. The molecule has 4 heteroatoms. The van der Waals surface area contributed by atoms with Crippen molar-refractivity contribution >= 4 is 21.9 Å². The first-order valence-electron chi connectivity index (χ1n) is 5.25. The van der Waals surface area contributed by atoms with Crippen molar-refractivity contribution < 1.29 is 9.53 Å². The van der Waals surface area contributed by atoms with Gasteiger partial charge in [-0.05, 0) is 31.2 Å². The lowest BCUT2D eigenvalue weighted by atomic mass is 10.2. The van der Waals surface area contributed by atoms with Crippen molar-refractivity contribution in [1.82, 2.24) is 5.32 Å². The molecule has 0 saturated carbocycles. The first-order chi connectivity index (χ1) is 7.67. The first kappa shape index (κ1) is 13.2. The fraction of sp³-hybridized carbons (Fsp3) is 0.417. The minimum Gasteiger partial charge on any atom is -0.460 e. The molecule has 0 spiro atoms. The molecule has 0 aliphatic carbocycles. The van der Waals surface area contributed by atoms with Crippen molar-refractivity contribution in [3.63, 3.8) is 0 Å². The number of carbonyl (C=O) groups is 1. The van der Waals surface area contributed by atoms with Gasteiger partial charge in [-0.2, -0.15) is 0 Å². The second-order valence-corrected chi connectivity index (χ2v) is 4.40. The van der Waals surface area contributed by atoms with Crippen LogP contribution in [0.4, 0.5) is 0 Å². The first-order valence-corrected chi connectivity index (χ1v) is 6.05. The van der Waals surface area contributed by atoms with Crippen LogP contribution in [-0.2, 0) is 16.1 Å². The summed E-state index contributed by atoms with van der Waals surface area (Å²) >= 11 is 3.37. The lowest BCUT2D eigenvalue weighted by Crippen LogP contribution is -2.34. The molecule has 0 fully saturated rings. The van der Waals surface area contributed by atoms with Gasteiger partial charge in [-0.3, -0.25) is 4.79 Å². The zero-order valence-corrected chi connectivity index (χ0v) is 11.1. The van der Waals surface area contributed by atoms with E-state index in [0.717, 1.165) is 16.5 Å². The molecule has 0 aliphatic heterocycles. The van der Waals surface area contributed by atoms with Crippen LogP contribution in [0.5, 0.6) is 0 Å². The molecule has 88 valence electrons. The molecule has 1 aromatic carbocycles. The van der Waals surface area contributed by atoms with E-state index in [1.807, 2.05) is 31.2 Å². The maximum Gasteiger partial charge on any atom is 0.323 e. The maximum atomic E-state index is 11.6. The van der Waals surface area contributed by atoms with E-state index in [1.165, 1.54) is 0 Å². The summed E-state index contributed by atoms with van der Waals surface area (Å²) in [4.78, 5) is 11.6. The average Bonchev–Trinajstić information content (AvgIpc) is 2.28. The molecule has 16 heavy (non-hydrogen) atoms. The summed E-state index contributed by atoms with van der Waals surface area (Å²) in [5.74, 6) is -0.204. The maximum absolute atomic E-state index is 11.6. The standard InChI is InChI=1S/C12H16BrNO2/c1-3-11(14-2)12(15)16-8-9-5-4-6-10(13)7-9/h4-7,11,14H,3,8H2,1-2H3. The number of ether oxygens (including phenoxy) is 1. The van der Waals surface area contributed by atoms with Crippen molar-refractivity contribution in [2.24, 2.45) is 0 Å². The second-order valence-electron chi connectivity index (χ2n) is 3.49. The summed E-state index contributed by atoms with van der Waals surface area (Å²) in [7, 11) is 1.76. The average molecular weight is 286 g/mol. The Bertz CT molecular complexity index is 351. The van der Waals surface area contributed by atoms with Crippen molar-refractivity contribution in [3.8, 4) is 0 Å². The van der Waals surface area contributed by atoms with Gasteiger partial charge in [0, 0.05) is 4.47 Å². The normalized spacial score (nSPS) is 12.2. The van der Waals surface area contributed by atoms with Crippen LogP contribution in [0.25, 0.3) is 0 Å². The Morgan fingerprint density at radius 2 is 2.31 bits per heavy atom. The van der Waals surface area contributed by atoms with Crippen molar-refractivity contribution in [2.45, 2.75) is 26.0 Å². The Kier molecular flexibility index (Phi) is 5.49. The predicted octanol–water partition coefficient (Wildman–Crippen LogP) is 2.49. The van der Waals surface area contributed by atoms with Crippen LogP contribution in [0, 0.1) is 0 Å². The zero-order valence-electron chi connectivity index (χ0n) is 9.50. The Hall–Kier alpha value is -0.870. The number of likely N-dealkylation sites (N-methyl/N-ethyl adjacent to an activating group) is 1. The molecule has 0 bridgehead atoms. The van der Waals surface area contributed by atoms with Gasteiger partial charge >= 0.3 is 5.97 Å². The van der Waals surface area contributed by atoms with Gasteiger partial charge in [0.25, 0.3) is 0 Å². The summed E-state index contributed by atoms with van der Waals surface area (Å²) in [5.41, 5.74) is 0.980. The van der Waals surface area contributed by atoms with E-state index in [0.29, 0.717) is 6.61 Å². The van der Waals surface area contributed by atoms with Gasteiger partial charge in [-0.15, -0.1) is 0 Å². The van der Waals surface area contributed by atoms with E-state index in [2.05, 4.69) is 21.2 Å². The third-order valence-corrected chi connectivity index (χ3v) is 2.80. The molecule has 1 rings (SSSR count). The number of hydrogen-bond donors (Lipinski definition) is 1. The molecule has 0 radical (unpaired) electrons. The Balaban J connectivity index is 2.48. The van der Waals surface area contributed by atoms with Gasteiger partial charge in [0.2, 0.25) is 0 Å². The summed E-state index contributed by atoms with van der Waals surface area (Å²) in [5, 5.41) is 2.92. The van der Waals surface area contributed by atoms with Gasteiger partial charge in [0.1, 0.15) is 12.6 Å². The lowest BCUT2D eigenvalue weighted by molar-refractivity contribution is -0.147. The summed E-state index contributed by atoms with van der Waals surface area (Å²) in [6.07, 6.45) is 0.730. The van der Waals surface area contributed by atoms with Gasteiger partial charge < -0.3 is 10.1 Å². The molecule has 1 aromatic rings. The summed E-state index contributed by atoms with van der Waals surface area (Å²) in [6, 6.07) is 7.51. The minimum absolute atomic E-state index is 0.204. The van der Waals surface area contributed by atoms with Gasteiger partial charge in [0.05, 0.1) is 0 Å². The van der Waals surface area contributed by atoms with E-state index in [9.17, 15) is 4.79 Å². The van der Waals surface area contributed by atoms with Gasteiger partial charge in [0.15, 0.2) is 0 Å². The number of esters is 1. The molecule has 1 N–H and O–H groups in total. The molecule has 1 atom stereocenters. The van der Waals surface area contributed by atoms with Gasteiger partial charge in [-0.1, -0.05) is 35.0 Å². The van der Waals surface area contributed by atoms with E-state index in [4.69, 9.17) is 4.74 Å². The van der Waals surface area contributed by atoms with Crippen molar-refractivity contribution in [3.05, 3.63) is 34.3 Å². The molecular weight excluding hydrogens is 270 g/mol. The predicted molar refractivity (Wildman–Crippen MR) is 67.1 cm³/mol. The van der Waals surface area contributed by atoms with Crippen LogP contribution in [0.2, 0.25) is 0 Å². The molecule has 0 aromatic heterocycles. The number of benzene rings is 1. The highest BCUT2D eigenvalue weighted by Gasteiger charge is 2.15. The Morgan fingerprint density at radius 3 is 2.88 bits per heavy atom. The highest BCUT2D eigenvalue weighted by Crippen LogP contribution is 2.12. The molecule has 3 nitrogen and oxygen atoms in total. The van der Waals surface area contributed by atoms with E-state index < -0.39 is 0 Å². The zero-order chi connectivity index (χ0) is 12.0. The second kappa shape index (κ2) is 6.66. The SMILES string of the molecule is CCC(NC)C(=O)OCc1cccc(Br)c1. The quantitative estimate of drug-likeness (QED) is 0.845. The highest BCUT2D eigenvalue weighted by atomic mass is 79.9. The van der Waals surface area contributed by atoms with E-state index >= 15 is 0 Å². The Labute approximate surface area is 104 Å². The molecule has 0 heterocycles. The number of carbonyl (C=O) groups excluding carboxylic acids is 1. The van der Waals surface area contributed by atoms with Crippen LogP contribution < -0.4 is 5.32 Å². The number of nitrogens with one attached hydrogen (secondary N) is 1. The summed E-state index contributed by atoms with van der Waals surface area (Å²) in [6.45, 7) is 2.26. The fourth-order valence-electron chi connectivity index (χ4n) is 1.37. The van der Waals surface area contributed by atoms with Gasteiger partial charge in [-0.25, -0.2) is 0 Å². The minimum atomic E-state index is -0.216. The molecule has 0 aliphatic rings. The van der Waals surface area contributed by atoms with Crippen molar-refractivity contribution in [1.29, 1.82) is 0 Å². The monoisotopic (exact) mass is 285 g/mol. The van der Waals surface area contributed by atoms with Crippen LogP contribution >= 0.6 is 15.9 Å². The van der Waals surface area contributed by atoms with Crippen LogP contribution in [0.3, 0.4) is 0 Å². The van der Waals surface area contributed by atoms with Crippen molar-refractivity contribution in [2.75, 3.05) is 7.05 Å². The van der Waals surface area contributed by atoms with Crippen LogP contribution in [0.15, 0.2) is 28.7 Å². The topological polar surface area (TPSA) is 38.3 Å². The molecule has 1 unspecified atom stereocenters. The lowest BCUT2D eigenvalue weighted by Gasteiger charge is -2.13. The van der Waals surface area contributed by atoms with E-state index in [1.54, 1.807) is 7.05 Å². The van der Waals surface area contributed by atoms with E-state index in [-0.39, 0.29) is 12.0 Å². The van der Waals surface area contributed by atoms with Crippen LogP contribution in [-0.4, -0.2) is 19.1 Å².